The highest BCUT2D eigenvalue weighted by Gasteiger charge is 2.23. The standard InChI is InChI=1S/C9H15NO2S/c1-4-7(3)8(10-6-13)9(11)12-5-2/h7-8H,4-5H2,1-3H3. The SMILES string of the molecule is CCOC(=O)C(N=C=S)C(C)CC. The van der Waals surface area contributed by atoms with Gasteiger partial charge in [-0.15, -0.1) is 0 Å². The number of ether oxygens (including phenoxy) is 1. The van der Waals surface area contributed by atoms with Gasteiger partial charge in [0.25, 0.3) is 0 Å². The van der Waals surface area contributed by atoms with E-state index in [0.717, 1.165) is 6.42 Å². The number of hydrogen-bond donors (Lipinski definition) is 0. The molecule has 0 spiro atoms. The molecule has 0 amide bonds. The minimum atomic E-state index is -0.484. The second-order valence-electron chi connectivity index (χ2n) is 2.80. The molecule has 3 nitrogen and oxygen atoms in total. The minimum absolute atomic E-state index is 0.148. The lowest BCUT2D eigenvalue weighted by atomic mass is 10.0. The van der Waals surface area contributed by atoms with E-state index < -0.39 is 6.04 Å². The first-order valence-corrected chi connectivity index (χ1v) is 4.81. The van der Waals surface area contributed by atoms with E-state index in [0.29, 0.717) is 6.61 Å². The van der Waals surface area contributed by atoms with E-state index in [1.807, 2.05) is 13.8 Å². The molecule has 0 radical (unpaired) electrons. The van der Waals surface area contributed by atoms with Crippen molar-refractivity contribution in [2.24, 2.45) is 10.9 Å². The van der Waals surface area contributed by atoms with Gasteiger partial charge >= 0.3 is 5.97 Å². The number of hydrogen-bond acceptors (Lipinski definition) is 4. The molecular formula is C9H15NO2S. The van der Waals surface area contributed by atoms with Crippen molar-refractivity contribution in [3.63, 3.8) is 0 Å². The summed E-state index contributed by atoms with van der Waals surface area (Å²) in [6, 6.07) is -0.484. The van der Waals surface area contributed by atoms with Crippen LogP contribution < -0.4 is 0 Å². The third-order valence-electron chi connectivity index (χ3n) is 1.90. The average molecular weight is 201 g/mol. The molecule has 0 aliphatic rings. The molecule has 0 rings (SSSR count). The Balaban J connectivity index is 4.40. The van der Waals surface area contributed by atoms with E-state index in [2.05, 4.69) is 22.4 Å². The Morgan fingerprint density at radius 3 is 2.62 bits per heavy atom. The molecule has 0 saturated heterocycles. The van der Waals surface area contributed by atoms with Crippen molar-refractivity contribution >= 4 is 23.3 Å². The second kappa shape index (κ2) is 6.75. The van der Waals surface area contributed by atoms with Crippen LogP contribution in [0.15, 0.2) is 4.99 Å². The first-order chi connectivity index (χ1) is 6.17. The largest absolute Gasteiger partial charge is 0.464 e. The number of carbonyl (C=O) groups excluding carboxylic acids is 1. The highest BCUT2D eigenvalue weighted by atomic mass is 32.1. The molecule has 74 valence electrons. The van der Waals surface area contributed by atoms with Gasteiger partial charge in [0.05, 0.1) is 11.8 Å². The van der Waals surface area contributed by atoms with Crippen molar-refractivity contribution in [2.45, 2.75) is 33.2 Å². The van der Waals surface area contributed by atoms with Gasteiger partial charge in [0.15, 0.2) is 6.04 Å². The Kier molecular flexibility index (Phi) is 6.37. The molecule has 0 saturated carbocycles. The quantitative estimate of drug-likeness (QED) is 0.388. The third kappa shape index (κ3) is 4.15. The Bertz CT molecular complexity index is 212. The molecule has 4 heteroatoms. The van der Waals surface area contributed by atoms with E-state index in [-0.39, 0.29) is 11.9 Å². The Labute approximate surface area is 84.2 Å². The fraction of sp³-hybridized carbons (Fsp3) is 0.778. The van der Waals surface area contributed by atoms with Crippen LogP contribution in [0.5, 0.6) is 0 Å². The predicted octanol–water partition coefficient (Wildman–Crippen LogP) is 2.07. The summed E-state index contributed by atoms with van der Waals surface area (Å²) in [6.45, 7) is 6.08. The van der Waals surface area contributed by atoms with Crippen LogP contribution in [-0.4, -0.2) is 23.8 Å². The summed E-state index contributed by atoms with van der Waals surface area (Å²) in [4.78, 5) is 15.1. The van der Waals surface area contributed by atoms with Gasteiger partial charge in [-0.1, -0.05) is 20.3 Å². The van der Waals surface area contributed by atoms with Gasteiger partial charge in [0, 0.05) is 0 Å². The molecular weight excluding hydrogens is 186 g/mol. The highest BCUT2D eigenvalue weighted by molar-refractivity contribution is 7.78. The van der Waals surface area contributed by atoms with Gasteiger partial charge in [-0.3, -0.25) is 0 Å². The summed E-state index contributed by atoms with van der Waals surface area (Å²) in [6.07, 6.45) is 0.865. The summed E-state index contributed by atoms with van der Waals surface area (Å²) in [5, 5.41) is 2.23. The van der Waals surface area contributed by atoms with Crippen LogP contribution in [0.1, 0.15) is 27.2 Å². The van der Waals surface area contributed by atoms with E-state index in [9.17, 15) is 4.79 Å². The van der Waals surface area contributed by atoms with Crippen LogP contribution in [0.2, 0.25) is 0 Å². The maximum Gasteiger partial charge on any atom is 0.331 e. The molecule has 0 aliphatic heterocycles. The molecule has 0 aromatic heterocycles. The van der Waals surface area contributed by atoms with Gasteiger partial charge in [-0.25, -0.2) is 9.79 Å². The van der Waals surface area contributed by atoms with Crippen molar-refractivity contribution in [3.8, 4) is 0 Å². The molecule has 13 heavy (non-hydrogen) atoms. The van der Waals surface area contributed by atoms with Crippen LogP contribution in [0.3, 0.4) is 0 Å². The zero-order valence-corrected chi connectivity index (χ0v) is 9.06. The molecule has 2 unspecified atom stereocenters. The van der Waals surface area contributed by atoms with Crippen LogP contribution >= 0.6 is 12.2 Å². The molecule has 0 aliphatic carbocycles. The van der Waals surface area contributed by atoms with E-state index in [1.54, 1.807) is 6.92 Å². The Morgan fingerprint density at radius 1 is 1.62 bits per heavy atom. The van der Waals surface area contributed by atoms with E-state index >= 15 is 0 Å². The number of nitrogens with zero attached hydrogens (tertiary/aromatic N) is 1. The lowest BCUT2D eigenvalue weighted by molar-refractivity contribution is -0.145. The fourth-order valence-corrected chi connectivity index (χ4v) is 1.03. The normalized spacial score (nSPS) is 14.1. The predicted molar refractivity (Wildman–Crippen MR) is 54.9 cm³/mol. The summed E-state index contributed by atoms with van der Waals surface area (Å²) >= 11 is 4.47. The summed E-state index contributed by atoms with van der Waals surface area (Å²) < 4.78 is 4.86. The maximum absolute atomic E-state index is 11.3. The zero-order chi connectivity index (χ0) is 10.3. The van der Waals surface area contributed by atoms with Crippen molar-refractivity contribution in [1.82, 2.24) is 0 Å². The zero-order valence-electron chi connectivity index (χ0n) is 8.24. The second-order valence-corrected chi connectivity index (χ2v) is 2.99. The van der Waals surface area contributed by atoms with Gasteiger partial charge in [0.2, 0.25) is 0 Å². The molecule has 2 atom stereocenters. The lowest BCUT2D eigenvalue weighted by Gasteiger charge is -2.15. The van der Waals surface area contributed by atoms with E-state index in [4.69, 9.17) is 4.74 Å². The lowest BCUT2D eigenvalue weighted by Crippen LogP contribution is -2.27. The molecule has 0 bridgehead atoms. The summed E-state index contributed by atoms with van der Waals surface area (Å²) in [5.41, 5.74) is 0. The van der Waals surface area contributed by atoms with Gasteiger partial charge < -0.3 is 4.74 Å². The Morgan fingerprint density at radius 2 is 2.23 bits per heavy atom. The van der Waals surface area contributed by atoms with E-state index in [1.165, 1.54) is 0 Å². The molecule has 0 aromatic carbocycles. The van der Waals surface area contributed by atoms with Crippen molar-refractivity contribution < 1.29 is 9.53 Å². The smallest absolute Gasteiger partial charge is 0.331 e. The van der Waals surface area contributed by atoms with Gasteiger partial charge in [-0.2, -0.15) is 0 Å². The first kappa shape index (κ1) is 12.3. The Hall–Kier alpha value is -0.730. The highest BCUT2D eigenvalue weighted by Crippen LogP contribution is 2.12. The number of isothiocyanates is 1. The molecule has 0 N–H and O–H groups in total. The molecule has 0 heterocycles. The summed E-state index contributed by atoms with van der Waals surface area (Å²) in [5.74, 6) is -0.163. The van der Waals surface area contributed by atoms with Crippen LogP contribution in [0.25, 0.3) is 0 Å². The van der Waals surface area contributed by atoms with Crippen LogP contribution in [-0.2, 0) is 9.53 Å². The molecule has 0 fully saturated rings. The van der Waals surface area contributed by atoms with Crippen LogP contribution in [0.4, 0.5) is 0 Å². The average Bonchev–Trinajstić information content (AvgIpc) is 2.13. The van der Waals surface area contributed by atoms with Gasteiger partial charge in [-0.05, 0) is 25.1 Å². The summed E-state index contributed by atoms with van der Waals surface area (Å²) in [7, 11) is 0. The first-order valence-electron chi connectivity index (χ1n) is 4.40. The van der Waals surface area contributed by atoms with Crippen molar-refractivity contribution in [1.29, 1.82) is 0 Å². The van der Waals surface area contributed by atoms with Crippen molar-refractivity contribution in [2.75, 3.05) is 6.61 Å². The molecule has 0 aromatic rings. The monoisotopic (exact) mass is 201 g/mol. The number of carbonyl (C=O) groups is 1. The topological polar surface area (TPSA) is 38.7 Å². The van der Waals surface area contributed by atoms with Gasteiger partial charge in [0.1, 0.15) is 0 Å². The van der Waals surface area contributed by atoms with Crippen LogP contribution in [0, 0.1) is 5.92 Å². The van der Waals surface area contributed by atoms with Crippen molar-refractivity contribution in [3.05, 3.63) is 0 Å². The maximum atomic E-state index is 11.3. The number of aliphatic imine (C=N–C) groups is 1. The third-order valence-corrected chi connectivity index (χ3v) is 2.01. The minimum Gasteiger partial charge on any atom is -0.464 e. The number of thiocarbonyl (C=S) groups is 1. The number of esters is 1. The fourth-order valence-electron chi connectivity index (χ4n) is 0.920. The number of rotatable bonds is 5.